The maximum absolute atomic E-state index is 13.4. The summed E-state index contributed by atoms with van der Waals surface area (Å²) in [5, 5.41) is 3.81. The number of carbonyl (C=O) groups excluding carboxylic acids is 2. The lowest BCUT2D eigenvalue weighted by Gasteiger charge is -2.28. The minimum Gasteiger partial charge on any atom is -0.339 e. The summed E-state index contributed by atoms with van der Waals surface area (Å²) in [6.45, 7) is 5.92. The van der Waals surface area contributed by atoms with Gasteiger partial charge in [-0.3, -0.25) is 9.59 Å². The highest BCUT2D eigenvalue weighted by molar-refractivity contribution is 7.17. The van der Waals surface area contributed by atoms with Crippen LogP contribution in [-0.4, -0.2) is 29.8 Å². The number of rotatable bonds is 3. The molecule has 1 aromatic carbocycles. The zero-order valence-electron chi connectivity index (χ0n) is 16.7. The molecule has 2 aliphatic rings. The molecule has 5 heteroatoms. The van der Waals surface area contributed by atoms with Crippen molar-refractivity contribution in [3.05, 3.63) is 51.4 Å². The number of anilines is 1. The van der Waals surface area contributed by atoms with E-state index in [1.807, 2.05) is 36.1 Å². The van der Waals surface area contributed by atoms with Gasteiger partial charge in [0.2, 0.25) is 0 Å². The van der Waals surface area contributed by atoms with Gasteiger partial charge in [-0.05, 0) is 69.1 Å². The second-order valence-electron chi connectivity index (χ2n) is 8.23. The van der Waals surface area contributed by atoms with Crippen molar-refractivity contribution in [2.45, 2.75) is 52.4 Å². The highest BCUT2D eigenvalue weighted by Gasteiger charge is 2.31. The summed E-state index contributed by atoms with van der Waals surface area (Å²) < 4.78 is 0. The molecule has 1 N–H and O–H groups in total. The van der Waals surface area contributed by atoms with E-state index in [4.69, 9.17) is 0 Å². The highest BCUT2D eigenvalue weighted by Crippen LogP contribution is 2.40. The van der Waals surface area contributed by atoms with Gasteiger partial charge in [0.05, 0.1) is 5.56 Å². The summed E-state index contributed by atoms with van der Waals surface area (Å²) in [6, 6.07) is 7.56. The second kappa shape index (κ2) is 8.08. The molecule has 1 aliphatic carbocycles. The van der Waals surface area contributed by atoms with Gasteiger partial charge in [0.15, 0.2) is 0 Å². The van der Waals surface area contributed by atoms with Crippen molar-refractivity contribution in [2.24, 2.45) is 5.92 Å². The number of nitrogens with zero attached hydrogens (tertiary/aromatic N) is 1. The molecule has 28 heavy (non-hydrogen) atoms. The van der Waals surface area contributed by atoms with E-state index in [-0.39, 0.29) is 11.8 Å². The molecular formula is C23H28N2O2S. The molecule has 1 aliphatic heterocycles. The van der Waals surface area contributed by atoms with Crippen LogP contribution in [0.2, 0.25) is 0 Å². The minimum absolute atomic E-state index is 0.103. The van der Waals surface area contributed by atoms with E-state index in [2.05, 4.69) is 12.2 Å². The van der Waals surface area contributed by atoms with Crippen LogP contribution in [0.5, 0.6) is 0 Å². The van der Waals surface area contributed by atoms with E-state index in [0.29, 0.717) is 11.5 Å². The largest absolute Gasteiger partial charge is 0.339 e. The quantitative estimate of drug-likeness (QED) is 0.788. The lowest BCUT2D eigenvalue weighted by atomic mass is 9.88. The summed E-state index contributed by atoms with van der Waals surface area (Å²) in [7, 11) is 0. The van der Waals surface area contributed by atoms with Crippen LogP contribution in [0.4, 0.5) is 5.00 Å². The van der Waals surface area contributed by atoms with Gasteiger partial charge in [0.1, 0.15) is 5.00 Å². The molecule has 2 heterocycles. The molecule has 0 saturated carbocycles. The number of likely N-dealkylation sites (tertiary alicyclic amines) is 1. The van der Waals surface area contributed by atoms with Gasteiger partial charge in [-0.2, -0.15) is 0 Å². The summed E-state index contributed by atoms with van der Waals surface area (Å²) in [5.41, 5.74) is 3.69. The molecule has 1 atom stereocenters. The number of piperidine rings is 1. The molecule has 2 amide bonds. The number of carbonyl (C=O) groups is 2. The summed E-state index contributed by atoms with van der Waals surface area (Å²) in [5.74, 6) is 0.593. The lowest BCUT2D eigenvalue weighted by Crippen LogP contribution is -2.36. The van der Waals surface area contributed by atoms with Crippen molar-refractivity contribution in [2.75, 3.05) is 18.4 Å². The Kier molecular flexibility index (Phi) is 5.54. The minimum atomic E-state index is -0.140. The maximum Gasteiger partial charge on any atom is 0.257 e. The predicted molar refractivity (Wildman–Crippen MR) is 114 cm³/mol. The van der Waals surface area contributed by atoms with Crippen LogP contribution < -0.4 is 5.32 Å². The van der Waals surface area contributed by atoms with Crippen LogP contribution in [0, 0.1) is 12.8 Å². The van der Waals surface area contributed by atoms with Crippen molar-refractivity contribution in [3.63, 3.8) is 0 Å². The van der Waals surface area contributed by atoms with E-state index in [1.54, 1.807) is 11.3 Å². The van der Waals surface area contributed by atoms with Gasteiger partial charge in [-0.25, -0.2) is 0 Å². The Labute approximate surface area is 170 Å². The van der Waals surface area contributed by atoms with Crippen molar-refractivity contribution in [1.29, 1.82) is 0 Å². The van der Waals surface area contributed by atoms with E-state index in [0.717, 1.165) is 61.3 Å². The molecular weight excluding hydrogens is 368 g/mol. The van der Waals surface area contributed by atoms with Crippen LogP contribution in [-0.2, 0) is 12.8 Å². The summed E-state index contributed by atoms with van der Waals surface area (Å²) in [4.78, 5) is 29.5. The molecule has 0 unspecified atom stereocenters. The van der Waals surface area contributed by atoms with Gasteiger partial charge in [0, 0.05) is 23.5 Å². The average Bonchev–Trinajstić information content (AvgIpc) is 3.05. The zero-order chi connectivity index (χ0) is 19.7. The van der Waals surface area contributed by atoms with Crippen molar-refractivity contribution < 1.29 is 9.59 Å². The fourth-order valence-electron chi connectivity index (χ4n) is 4.20. The number of benzene rings is 1. The summed E-state index contributed by atoms with van der Waals surface area (Å²) >= 11 is 1.60. The Morgan fingerprint density at radius 1 is 1.11 bits per heavy atom. The monoisotopic (exact) mass is 396 g/mol. The van der Waals surface area contributed by atoms with Crippen LogP contribution >= 0.6 is 11.3 Å². The third-order valence-corrected chi connectivity index (χ3v) is 7.08. The molecule has 0 spiro atoms. The van der Waals surface area contributed by atoms with Gasteiger partial charge >= 0.3 is 0 Å². The van der Waals surface area contributed by atoms with E-state index < -0.39 is 0 Å². The van der Waals surface area contributed by atoms with Crippen LogP contribution in [0.15, 0.2) is 24.3 Å². The summed E-state index contributed by atoms with van der Waals surface area (Å²) in [6.07, 6.45) is 6.37. The van der Waals surface area contributed by atoms with E-state index in [1.165, 1.54) is 16.9 Å². The molecule has 2 aromatic rings. The van der Waals surface area contributed by atoms with E-state index in [9.17, 15) is 9.59 Å². The molecule has 0 bridgehead atoms. The molecule has 0 radical (unpaired) electrons. The van der Waals surface area contributed by atoms with Crippen molar-refractivity contribution >= 4 is 28.2 Å². The predicted octanol–water partition coefficient (Wildman–Crippen LogP) is 5.06. The van der Waals surface area contributed by atoms with Gasteiger partial charge in [-0.15, -0.1) is 11.3 Å². The van der Waals surface area contributed by atoms with Gasteiger partial charge in [0.25, 0.3) is 11.8 Å². The third-order valence-electron chi connectivity index (χ3n) is 5.91. The molecule has 148 valence electrons. The van der Waals surface area contributed by atoms with Gasteiger partial charge < -0.3 is 10.2 Å². The van der Waals surface area contributed by atoms with Crippen molar-refractivity contribution in [3.8, 4) is 0 Å². The first kappa shape index (κ1) is 19.2. The normalized spacial score (nSPS) is 19.2. The first-order valence-corrected chi connectivity index (χ1v) is 11.2. The zero-order valence-corrected chi connectivity index (χ0v) is 17.5. The first-order valence-electron chi connectivity index (χ1n) is 10.3. The number of hydrogen-bond donors (Lipinski definition) is 1. The van der Waals surface area contributed by atoms with Gasteiger partial charge in [-0.1, -0.05) is 24.6 Å². The maximum atomic E-state index is 13.4. The fraction of sp³-hybridized carbons (Fsp3) is 0.478. The first-order chi connectivity index (χ1) is 13.5. The number of thiophene rings is 1. The second-order valence-corrected chi connectivity index (χ2v) is 9.33. The Hall–Kier alpha value is -2.14. The number of fused-ring (bicyclic) bond motifs is 1. The van der Waals surface area contributed by atoms with Crippen LogP contribution in [0.1, 0.15) is 69.3 Å². The Bertz CT molecular complexity index is 879. The Balaban J connectivity index is 1.66. The Morgan fingerprint density at radius 3 is 2.54 bits per heavy atom. The molecule has 4 rings (SSSR count). The third kappa shape index (κ3) is 3.86. The van der Waals surface area contributed by atoms with Crippen LogP contribution in [0.3, 0.4) is 0 Å². The molecule has 1 aromatic heterocycles. The Morgan fingerprint density at radius 2 is 1.82 bits per heavy atom. The number of amides is 2. The fourth-order valence-corrected chi connectivity index (χ4v) is 5.60. The highest BCUT2D eigenvalue weighted by atomic mass is 32.1. The smallest absolute Gasteiger partial charge is 0.257 e. The number of nitrogens with one attached hydrogen (secondary N) is 1. The standard InChI is InChI=1S/C23H28N2O2S/c1-15-6-9-17(10-7-15)21(26)24-22-20(23(27)25-12-4-3-5-13-25)18-11-8-16(2)14-19(18)28-22/h6-7,9-10,16H,3-5,8,11-14H2,1-2H3,(H,24,26)/t16-/m0/s1. The molecule has 4 nitrogen and oxygen atoms in total. The number of aryl methyl sites for hydroxylation is 1. The van der Waals surface area contributed by atoms with Crippen LogP contribution in [0.25, 0.3) is 0 Å². The lowest BCUT2D eigenvalue weighted by molar-refractivity contribution is 0.0724. The molecule has 1 saturated heterocycles. The van der Waals surface area contributed by atoms with E-state index >= 15 is 0 Å². The SMILES string of the molecule is Cc1ccc(C(=O)Nc2sc3c(c2C(=O)N2CCCCC2)CC[C@H](C)C3)cc1. The average molecular weight is 397 g/mol. The van der Waals surface area contributed by atoms with Crippen molar-refractivity contribution in [1.82, 2.24) is 4.90 Å². The number of hydrogen-bond acceptors (Lipinski definition) is 3. The molecule has 1 fully saturated rings. The topological polar surface area (TPSA) is 49.4 Å².